The molecule has 2 aliphatic rings. The molecule has 0 radical (unpaired) electrons. The van der Waals surface area contributed by atoms with Gasteiger partial charge in [-0.1, -0.05) is 182 Å². The van der Waals surface area contributed by atoms with Crippen LogP contribution in [-0.4, -0.2) is 0 Å². The molecular formula is C61H37NOS. The first kappa shape index (κ1) is 35.6. The number of fused-ring (bicyclic) bond motifs is 16. The molecule has 10 aromatic carbocycles. The van der Waals surface area contributed by atoms with Crippen LogP contribution in [0.3, 0.4) is 0 Å². The van der Waals surface area contributed by atoms with Gasteiger partial charge in [0.1, 0.15) is 11.2 Å². The monoisotopic (exact) mass is 831 g/mol. The summed E-state index contributed by atoms with van der Waals surface area (Å²) in [5, 5.41) is 4.81. The van der Waals surface area contributed by atoms with Gasteiger partial charge in [0.15, 0.2) is 0 Å². The molecule has 14 rings (SSSR count). The van der Waals surface area contributed by atoms with Gasteiger partial charge in [-0.05, 0) is 98.1 Å². The van der Waals surface area contributed by atoms with Crippen LogP contribution in [0.15, 0.2) is 229 Å². The Morgan fingerprint density at radius 1 is 0.375 bits per heavy atom. The summed E-state index contributed by atoms with van der Waals surface area (Å²) < 4.78 is 9.13. The molecule has 2 nitrogen and oxygen atoms in total. The number of hydrogen-bond donors (Lipinski definition) is 0. The number of hydrogen-bond acceptors (Lipinski definition) is 3. The molecule has 64 heavy (non-hydrogen) atoms. The van der Waals surface area contributed by atoms with Crippen LogP contribution in [0.4, 0.5) is 17.1 Å². The minimum absolute atomic E-state index is 0.438. The van der Waals surface area contributed by atoms with Crippen LogP contribution in [-0.2, 0) is 5.41 Å². The fraction of sp³-hybridized carbons (Fsp3) is 0.0164. The van der Waals surface area contributed by atoms with E-state index >= 15 is 0 Å². The van der Waals surface area contributed by atoms with Crippen LogP contribution in [0.25, 0.3) is 86.6 Å². The third-order valence-electron chi connectivity index (χ3n) is 13.9. The first-order valence-corrected chi connectivity index (χ1v) is 22.8. The second-order valence-electron chi connectivity index (χ2n) is 17.1. The number of benzene rings is 10. The molecule has 2 aliphatic carbocycles. The second-order valence-corrected chi connectivity index (χ2v) is 18.1. The summed E-state index contributed by atoms with van der Waals surface area (Å²) in [7, 11) is 0. The molecule has 0 bridgehead atoms. The summed E-state index contributed by atoms with van der Waals surface area (Å²) in [4.78, 5) is 2.53. The largest absolute Gasteiger partial charge is 0.455 e. The lowest BCUT2D eigenvalue weighted by Gasteiger charge is -2.32. The van der Waals surface area contributed by atoms with Gasteiger partial charge in [-0.3, -0.25) is 0 Å². The summed E-state index contributed by atoms with van der Waals surface area (Å²) in [5.41, 5.74) is 19.9. The topological polar surface area (TPSA) is 16.4 Å². The van der Waals surface area contributed by atoms with E-state index in [0.717, 1.165) is 49.9 Å². The summed E-state index contributed by atoms with van der Waals surface area (Å²) in [5.74, 6) is 0. The molecule has 3 heteroatoms. The van der Waals surface area contributed by atoms with Crippen molar-refractivity contribution in [2.24, 2.45) is 0 Å². The van der Waals surface area contributed by atoms with E-state index in [-0.39, 0.29) is 0 Å². The molecule has 12 aromatic rings. The fourth-order valence-electron chi connectivity index (χ4n) is 11.3. The number of anilines is 3. The Bertz CT molecular complexity index is 3810. The van der Waals surface area contributed by atoms with Crippen LogP contribution < -0.4 is 4.90 Å². The van der Waals surface area contributed by atoms with Gasteiger partial charge in [0.05, 0.1) is 21.5 Å². The van der Waals surface area contributed by atoms with Gasteiger partial charge >= 0.3 is 0 Å². The average molecular weight is 832 g/mol. The van der Waals surface area contributed by atoms with E-state index in [1.807, 2.05) is 11.3 Å². The molecule has 0 saturated heterocycles. The Labute approximate surface area is 374 Å². The van der Waals surface area contributed by atoms with Gasteiger partial charge in [-0.25, -0.2) is 0 Å². The molecule has 2 heterocycles. The van der Waals surface area contributed by atoms with Crippen LogP contribution in [0.1, 0.15) is 22.3 Å². The summed E-state index contributed by atoms with van der Waals surface area (Å²) in [6.07, 6.45) is 0. The minimum Gasteiger partial charge on any atom is -0.455 e. The van der Waals surface area contributed by atoms with Gasteiger partial charge < -0.3 is 9.32 Å². The number of para-hydroxylation sites is 1. The molecule has 0 atom stereocenters. The summed E-state index contributed by atoms with van der Waals surface area (Å²) >= 11 is 1.88. The molecule has 0 unspecified atom stereocenters. The van der Waals surface area contributed by atoms with E-state index < -0.39 is 5.41 Å². The second kappa shape index (κ2) is 13.5. The van der Waals surface area contributed by atoms with Gasteiger partial charge in [0.25, 0.3) is 0 Å². The Morgan fingerprint density at radius 2 is 0.953 bits per heavy atom. The predicted octanol–water partition coefficient (Wildman–Crippen LogP) is 17.1. The van der Waals surface area contributed by atoms with Crippen LogP contribution in [0, 0.1) is 0 Å². The maximum atomic E-state index is 6.56. The zero-order valence-electron chi connectivity index (χ0n) is 34.6. The lowest BCUT2D eigenvalue weighted by molar-refractivity contribution is 0.670. The van der Waals surface area contributed by atoms with Gasteiger partial charge in [0.2, 0.25) is 0 Å². The highest BCUT2D eigenvalue weighted by Crippen LogP contribution is 2.65. The highest BCUT2D eigenvalue weighted by molar-refractivity contribution is 7.26. The van der Waals surface area contributed by atoms with Crippen LogP contribution in [0.5, 0.6) is 0 Å². The fourth-order valence-corrected chi connectivity index (χ4v) is 12.5. The Balaban J connectivity index is 0.977. The van der Waals surface area contributed by atoms with Crippen molar-refractivity contribution in [3.63, 3.8) is 0 Å². The molecule has 0 saturated carbocycles. The lowest BCUT2D eigenvalue weighted by atomic mass is 9.70. The molecule has 298 valence electrons. The normalized spacial score (nSPS) is 13.1. The standard InChI is InChI=1S/C61H37NOS/c1-2-15-39(16-3-1)42-21-12-22-46-49-37-40(33-36-56(49)63-59(42)46)38-31-34-41(35-32-38)62(55-29-13-23-47-45-19-7-11-30-57(45)64-60(47)55)54-28-14-27-53-58(54)48-20-6-10-26-52(48)61(53)50-24-8-4-17-43(50)44-18-5-9-25-51(44)61/h1-37H. The van der Waals surface area contributed by atoms with Crippen molar-refractivity contribution < 1.29 is 4.42 Å². The third kappa shape index (κ3) is 4.85. The van der Waals surface area contributed by atoms with E-state index in [1.165, 1.54) is 76.1 Å². The Kier molecular flexibility index (Phi) is 7.51. The van der Waals surface area contributed by atoms with Crippen molar-refractivity contribution in [3.8, 4) is 44.5 Å². The van der Waals surface area contributed by atoms with Crippen molar-refractivity contribution in [3.05, 3.63) is 247 Å². The van der Waals surface area contributed by atoms with Crippen molar-refractivity contribution >= 4 is 70.5 Å². The molecule has 0 aliphatic heterocycles. The quantitative estimate of drug-likeness (QED) is 0.172. The Morgan fingerprint density at radius 3 is 1.75 bits per heavy atom. The first-order valence-electron chi connectivity index (χ1n) is 22.0. The van der Waals surface area contributed by atoms with Gasteiger partial charge in [-0.2, -0.15) is 0 Å². The average Bonchev–Trinajstić information content (AvgIpc) is 4.10. The number of thiophene rings is 1. The lowest BCUT2D eigenvalue weighted by Crippen LogP contribution is -2.26. The molecule has 2 aromatic heterocycles. The molecule has 0 fully saturated rings. The van der Waals surface area contributed by atoms with E-state index in [4.69, 9.17) is 4.42 Å². The van der Waals surface area contributed by atoms with Gasteiger partial charge in [-0.15, -0.1) is 11.3 Å². The van der Waals surface area contributed by atoms with E-state index in [9.17, 15) is 0 Å². The number of nitrogens with zero attached hydrogens (tertiary/aromatic N) is 1. The van der Waals surface area contributed by atoms with Crippen LogP contribution >= 0.6 is 11.3 Å². The summed E-state index contributed by atoms with van der Waals surface area (Å²) in [6.45, 7) is 0. The number of furan rings is 1. The molecular weight excluding hydrogens is 795 g/mol. The number of rotatable bonds is 5. The Hall–Kier alpha value is -7.98. The van der Waals surface area contributed by atoms with Gasteiger partial charge in [0, 0.05) is 43.1 Å². The first-order chi connectivity index (χ1) is 31.8. The van der Waals surface area contributed by atoms with Crippen molar-refractivity contribution in [2.75, 3.05) is 4.90 Å². The smallest absolute Gasteiger partial charge is 0.143 e. The predicted molar refractivity (Wildman–Crippen MR) is 268 cm³/mol. The van der Waals surface area contributed by atoms with E-state index in [0.29, 0.717) is 0 Å². The van der Waals surface area contributed by atoms with Crippen LogP contribution in [0.2, 0.25) is 0 Å². The zero-order chi connectivity index (χ0) is 41.9. The van der Waals surface area contributed by atoms with E-state index in [1.54, 1.807) is 0 Å². The molecule has 1 spiro atoms. The maximum absolute atomic E-state index is 6.56. The van der Waals surface area contributed by atoms with Crippen molar-refractivity contribution in [2.45, 2.75) is 5.41 Å². The molecule has 0 amide bonds. The third-order valence-corrected chi connectivity index (χ3v) is 15.1. The SMILES string of the molecule is c1ccc(-c2cccc3c2oc2ccc(-c4ccc(N(c5cccc6c5-c5ccccc5C65c6ccccc6-c6ccccc65)c5cccc6c5sc5ccccc56)cc4)cc23)cc1. The summed E-state index contributed by atoms with van der Waals surface area (Å²) in [6, 6.07) is 82.6. The van der Waals surface area contributed by atoms with E-state index in [2.05, 4.69) is 229 Å². The maximum Gasteiger partial charge on any atom is 0.143 e. The van der Waals surface area contributed by atoms with Crippen molar-refractivity contribution in [1.82, 2.24) is 0 Å². The molecule has 0 N–H and O–H groups in total. The minimum atomic E-state index is -0.438. The highest BCUT2D eigenvalue weighted by Gasteiger charge is 2.52. The zero-order valence-corrected chi connectivity index (χ0v) is 35.4. The highest BCUT2D eigenvalue weighted by atomic mass is 32.1. The van der Waals surface area contributed by atoms with Crippen molar-refractivity contribution in [1.29, 1.82) is 0 Å².